The predicted molar refractivity (Wildman–Crippen MR) is 120 cm³/mol. The first kappa shape index (κ1) is 22.3. The first-order valence-corrected chi connectivity index (χ1v) is 11.4. The fourth-order valence-corrected chi connectivity index (χ4v) is 3.35. The molecule has 2 aromatic carbocycles. The second-order valence-corrected chi connectivity index (χ2v) is 10.0. The zero-order valence-electron chi connectivity index (χ0n) is 17.7. The molecule has 0 saturated heterocycles. The van der Waals surface area contributed by atoms with Crippen molar-refractivity contribution in [1.82, 2.24) is 5.16 Å². The van der Waals surface area contributed by atoms with Crippen LogP contribution in [-0.2, 0) is 14.6 Å². The normalized spacial score (nSPS) is 12.1. The Labute approximate surface area is 181 Å². The van der Waals surface area contributed by atoms with Crippen LogP contribution in [0, 0.1) is 0 Å². The highest BCUT2D eigenvalue weighted by atomic mass is 32.2. The molecule has 1 aromatic heterocycles. The monoisotopic (exact) mass is 440 g/mol. The maximum Gasteiger partial charge on any atom is 0.412 e. The van der Waals surface area contributed by atoms with Crippen molar-refractivity contribution in [2.75, 3.05) is 11.6 Å². The van der Waals surface area contributed by atoms with Gasteiger partial charge in [0.1, 0.15) is 23.2 Å². The van der Waals surface area contributed by atoms with Crippen LogP contribution in [0.5, 0.6) is 0 Å². The first-order chi connectivity index (χ1) is 14.5. The van der Waals surface area contributed by atoms with E-state index in [4.69, 9.17) is 9.26 Å². The Morgan fingerprint density at radius 3 is 2.06 bits per heavy atom. The first-order valence-electron chi connectivity index (χ1n) is 9.54. The molecule has 162 valence electrons. The molecule has 0 aliphatic rings. The zero-order valence-corrected chi connectivity index (χ0v) is 18.6. The van der Waals surface area contributed by atoms with Gasteiger partial charge in [-0.2, -0.15) is 0 Å². The molecular weight excluding hydrogens is 416 g/mol. The number of nitrogens with zero attached hydrogens (tertiary/aromatic N) is 1. The Morgan fingerprint density at radius 2 is 1.55 bits per heavy atom. The predicted octanol–water partition coefficient (Wildman–Crippen LogP) is 5.26. The highest BCUT2D eigenvalue weighted by Crippen LogP contribution is 2.27. The van der Waals surface area contributed by atoms with Crippen LogP contribution in [-0.4, -0.2) is 31.5 Å². The van der Waals surface area contributed by atoms with E-state index in [9.17, 15) is 13.2 Å². The molecule has 7 nitrogen and oxygen atoms in total. The van der Waals surface area contributed by atoms with E-state index in [2.05, 4.69) is 10.5 Å². The van der Waals surface area contributed by atoms with E-state index in [1.165, 1.54) is 12.5 Å². The summed E-state index contributed by atoms with van der Waals surface area (Å²) >= 11 is 0. The number of carbonyl (C=O) groups excluding carboxylic acids is 1. The lowest BCUT2D eigenvalue weighted by atomic mass is 10.1. The fraction of sp³-hybridized carbons (Fsp3) is 0.217. The van der Waals surface area contributed by atoms with E-state index < -0.39 is 21.5 Å². The van der Waals surface area contributed by atoms with Gasteiger partial charge in [0.2, 0.25) is 0 Å². The van der Waals surface area contributed by atoms with E-state index in [0.717, 1.165) is 16.7 Å². The summed E-state index contributed by atoms with van der Waals surface area (Å²) in [6.07, 6.45) is 5.77. The molecule has 0 atom stereocenters. The SMILES string of the molecule is CC(C)(C)OC(=O)Nc1conc1-c1ccc(C=Cc2ccc(S(C)(=O)=O)cc2)cc1. The summed E-state index contributed by atoms with van der Waals surface area (Å²) in [5.41, 5.74) is 2.91. The van der Waals surface area contributed by atoms with Crippen molar-refractivity contribution in [3.8, 4) is 11.3 Å². The number of anilines is 1. The van der Waals surface area contributed by atoms with Crippen molar-refractivity contribution < 1.29 is 22.5 Å². The number of benzene rings is 2. The molecule has 8 heteroatoms. The largest absolute Gasteiger partial charge is 0.444 e. The van der Waals surface area contributed by atoms with Gasteiger partial charge in [0.15, 0.2) is 9.84 Å². The third-order valence-corrected chi connectivity index (χ3v) is 5.29. The van der Waals surface area contributed by atoms with Gasteiger partial charge in [-0.3, -0.25) is 5.32 Å². The molecule has 0 aliphatic heterocycles. The number of amides is 1. The molecule has 0 bridgehead atoms. The Balaban J connectivity index is 1.70. The summed E-state index contributed by atoms with van der Waals surface area (Å²) in [5, 5.41) is 6.62. The molecule has 0 radical (unpaired) electrons. The van der Waals surface area contributed by atoms with Gasteiger partial charge in [-0.25, -0.2) is 13.2 Å². The third kappa shape index (κ3) is 6.29. The summed E-state index contributed by atoms with van der Waals surface area (Å²) < 4.78 is 33.4. The molecule has 0 spiro atoms. The second-order valence-electron chi connectivity index (χ2n) is 8.00. The van der Waals surface area contributed by atoms with Crippen molar-refractivity contribution in [3.05, 3.63) is 65.9 Å². The van der Waals surface area contributed by atoms with E-state index in [0.29, 0.717) is 11.4 Å². The number of ether oxygens (including phenoxy) is 1. The number of sulfone groups is 1. The van der Waals surface area contributed by atoms with Crippen LogP contribution in [0.25, 0.3) is 23.4 Å². The lowest BCUT2D eigenvalue weighted by Crippen LogP contribution is -2.27. The molecule has 0 aliphatic carbocycles. The van der Waals surface area contributed by atoms with Gasteiger partial charge in [0.25, 0.3) is 0 Å². The topological polar surface area (TPSA) is 98.5 Å². The molecule has 3 aromatic rings. The number of nitrogens with one attached hydrogen (secondary N) is 1. The van der Waals surface area contributed by atoms with Crippen LogP contribution in [0.15, 0.2) is 64.2 Å². The van der Waals surface area contributed by atoms with E-state index >= 15 is 0 Å². The minimum Gasteiger partial charge on any atom is -0.444 e. The molecule has 3 rings (SSSR count). The summed E-state index contributed by atoms with van der Waals surface area (Å²) in [6.45, 7) is 5.36. The van der Waals surface area contributed by atoms with Crippen molar-refractivity contribution >= 4 is 33.8 Å². The Hall–Kier alpha value is -3.39. The lowest BCUT2D eigenvalue weighted by Gasteiger charge is -2.19. The van der Waals surface area contributed by atoms with Crippen molar-refractivity contribution in [3.63, 3.8) is 0 Å². The summed E-state index contributed by atoms with van der Waals surface area (Å²) in [5.74, 6) is 0. The number of aromatic nitrogens is 1. The van der Waals surface area contributed by atoms with Crippen LogP contribution < -0.4 is 5.32 Å². The van der Waals surface area contributed by atoms with Crippen LogP contribution in [0.2, 0.25) is 0 Å². The average molecular weight is 441 g/mol. The number of hydrogen-bond acceptors (Lipinski definition) is 6. The summed E-state index contributed by atoms with van der Waals surface area (Å²) in [6, 6.07) is 14.2. The molecule has 1 amide bonds. The highest BCUT2D eigenvalue weighted by Gasteiger charge is 2.19. The van der Waals surface area contributed by atoms with Crippen LogP contribution in [0.4, 0.5) is 10.5 Å². The van der Waals surface area contributed by atoms with E-state index in [1.54, 1.807) is 45.0 Å². The van der Waals surface area contributed by atoms with Crippen LogP contribution in [0.1, 0.15) is 31.9 Å². The van der Waals surface area contributed by atoms with Crippen molar-refractivity contribution in [2.24, 2.45) is 0 Å². The summed E-state index contributed by atoms with van der Waals surface area (Å²) in [7, 11) is -3.21. The van der Waals surface area contributed by atoms with Gasteiger partial charge >= 0.3 is 6.09 Å². The van der Waals surface area contributed by atoms with Crippen LogP contribution >= 0.6 is 0 Å². The maximum absolute atomic E-state index is 12.0. The van der Waals surface area contributed by atoms with Gasteiger partial charge in [-0.15, -0.1) is 0 Å². The Morgan fingerprint density at radius 1 is 1.00 bits per heavy atom. The molecule has 1 heterocycles. The minimum atomic E-state index is -3.21. The summed E-state index contributed by atoms with van der Waals surface area (Å²) in [4.78, 5) is 12.3. The Bertz CT molecular complexity index is 1190. The Kier molecular flexibility index (Phi) is 6.31. The number of hydrogen-bond donors (Lipinski definition) is 1. The van der Waals surface area contributed by atoms with Crippen molar-refractivity contribution in [1.29, 1.82) is 0 Å². The van der Waals surface area contributed by atoms with E-state index in [-0.39, 0.29) is 4.90 Å². The average Bonchev–Trinajstić information content (AvgIpc) is 3.13. The van der Waals surface area contributed by atoms with Crippen LogP contribution in [0.3, 0.4) is 0 Å². The van der Waals surface area contributed by atoms with Gasteiger partial charge in [0.05, 0.1) is 4.90 Å². The molecule has 0 saturated carbocycles. The molecule has 0 unspecified atom stereocenters. The van der Waals surface area contributed by atoms with Gasteiger partial charge in [-0.05, 0) is 44.0 Å². The maximum atomic E-state index is 12.0. The number of carbonyl (C=O) groups is 1. The molecule has 0 fully saturated rings. The standard InChI is InChI=1S/C23H24N2O5S/c1-23(2,3)30-22(26)24-20-15-29-25-21(20)18-11-7-16(8-12-18)5-6-17-9-13-19(14-10-17)31(4,27)28/h5-15H,1-4H3,(H,24,26). The van der Waals surface area contributed by atoms with E-state index in [1.807, 2.05) is 36.4 Å². The highest BCUT2D eigenvalue weighted by molar-refractivity contribution is 7.90. The fourth-order valence-electron chi connectivity index (χ4n) is 2.72. The van der Waals surface area contributed by atoms with Gasteiger partial charge in [-0.1, -0.05) is 53.7 Å². The smallest absolute Gasteiger partial charge is 0.412 e. The molecule has 31 heavy (non-hydrogen) atoms. The van der Waals surface area contributed by atoms with Crippen molar-refractivity contribution in [2.45, 2.75) is 31.3 Å². The quantitative estimate of drug-likeness (QED) is 0.543. The second kappa shape index (κ2) is 8.77. The van der Waals surface area contributed by atoms with Gasteiger partial charge in [0, 0.05) is 11.8 Å². The number of rotatable bonds is 5. The molecule has 1 N–H and O–H groups in total. The molecular formula is C23H24N2O5S. The zero-order chi connectivity index (χ0) is 22.6. The lowest BCUT2D eigenvalue weighted by molar-refractivity contribution is 0.0636. The van der Waals surface area contributed by atoms with Gasteiger partial charge < -0.3 is 9.26 Å². The third-order valence-electron chi connectivity index (χ3n) is 4.17. The minimum absolute atomic E-state index is 0.289.